The summed E-state index contributed by atoms with van der Waals surface area (Å²) in [4.78, 5) is 11.8. The molecule has 1 aromatic rings. The van der Waals surface area contributed by atoms with Crippen molar-refractivity contribution in [2.75, 3.05) is 23.4 Å². The van der Waals surface area contributed by atoms with Crippen molar-refractivity contribution in [3.63, 3.8) is 0 Å². The highest BCUT2D eigenvalue weighted by Crippen LogP contribution is 2.21. The normalized spacial score (nSPS) is 11.4. The number of nitrogens with two attached hydrogens (primary N) is 1. The second kappa shape index (κ2) is 6.16. The van der Waals surface area contributed by atoms with Crippen LogP contribution in [0.25, 0.3) is 0 Å². The number of sulfone groups is 1. The number of anilines is 1. The summed E-state index contributed by atoms with van der Waals surface area (Å²) in [7, 11) is -3.42. The molecule has 5 nitrogen and oxygen atoms in total. The van der Waals surface area contributed by atoms with Crippen LogP contribution in [0.5, 0.6) is 0 Å². The summed E-state index contributed by atoms with van der Waals surface area (Å²) in [6.07, 6.45) is 0. The van der Waals surface area contributed by atoms with Gasteiger partial charge in [-0.25, -0.2) is 8.42 Å². The van der Waals surface area contributed by atoms with Gasteiger partial charge in [0.2, 0.25) is 5.91 Å². The number of amides is 1. The molecule has 1 rings (SSSR count). The summed E-state index contributed by atoms with van der Waals surface area (Å²) in [5, 5.41) is 2.66. The van der Waals surface area contributed by atoms with E-state index in [0.29, 0.717) is 5.69 Å². The molecule has 1 amide bonds. The molecule has 1 aromatic carbocycles. The zero-order chi connectivity index (χ0) is 14.6. The number of benzene rings is 1. The summed E-state index contributed by atoms with van der Waals surface area (Å²) in [6, 6.07) is 3.88. The SMILES string of the molecule is Cc1cc(C)c(NC(=O)CS(=O)(=O)CCN)c(C)c1. The molecule has 19 heavy (non-hydrogen) atoms. The first-order valence-electron chi connectivity index (χ1n) is 6.03. The van der Waals surface area contributed by atoms with Crippen LogP contribution in [0.1, 0.15) is 16.7 Å². The van der Waals surface area contributed by atoms with Crippen LogP contribution in [0, 0.1) is 20.8 Å². The van der Waals surface area contributed by atoms with Gasteiger partial charge < -0.3 is 11.1 Å². The second-order valence-electron chi connectivity index (χ2n) is 4.70. The maximum atomic E-state index is 11.8. The van der Waals surface area contributed by atoms with Crippen LogP contribution < -0.4 is 11.1 Å². The van der Waals surface area contributed by atoms with Crippen molar-refractivity contribution in [1.29, 1.82) is 0 Å². The van der Waals surface area contributed by atoms with Gasteiger partial charge in [-0.05, 0) is 31.9 Å². The smallest absolute Gasteiger partial charge is 0.239 e. The molecule has 0 saturated heterocycles. The third-order valence-electron chi connectivity index (χ3n) is 2.72. The Balaban J connectivity index is 2.84. The van der Waals surface area contributed by atoms with E-state index in [1.54, 1.807) is 0 Å². The van der Waals surface area contributed by atoms with Crippen molar-refractivity contribution in [3.05, 3.63) is 28.8 Å². The number of carbonyl (C=O) groups excluding carboxylic acids is 1. The number of nitrogens with one attached hydrogen (secondary N) is 1. The molecule has 0 radical (unpaired) electrons. The summed E-state index contributed by atoms with van der Waals surface area (Å²) in [6.45, 7) is 5.75. The van der Waals surface area contributed by atoms with Crippen molar-refractivity contribution in [3.8, 4) is 0 Å². The highest BCUT2D eigenvalue weighted by molar-refractivity contribution is 7.92. The molecule has 0 fully saturated rings. The van der Waals surface area contributed by atoms with Gasteiger partial charge in [-0.15, -0.1) is 0 Å². The van der Waals surface area contributed by atoms with Crippen LogP contribution in [0.15, 0.2) is 12.1 Å². The maximum Gasteiger partial charge on any atom is 0.239 e. The Morgan fingerprint density at radius 1 is 1.21 bits per heavy atom. The predicted molar refractivity (Wildman–Crippen MR) is 77.0 cm³/mol. The van der Waals surface area contributed by atoms with E-state index in [9.17, 15) is 13.2 Å². The Bertz CT molecular complexity index is 557. The molecule has 0 bridgehead atoms. The Hall–Kier alpha value is -1.40. The van der Waals surface area contributed by atoms with E-state index in [1.165, 1.54) is 0 Å². The van der Waals surface area contributed by atoms with Gasteiger partial charge in [-0.1, -0.05) is 17.7 Å². The van der Waals surface area contributed by atoms with Crippen molar-refractivity contribution < 1.29 is 13.2 Å². The fraction of sp³-hybridized carbons (Fsp3) is 0.462. The first-order valence-corrected chi connectivity index (χ1v) is 7.85. The molecule has 106 valence electrons. The first-order chi connectivity index (χ1) is 8.75. The van der Waals surface area contributed by atoms with Crippen molar-refractivity contribution in [2.24, 2.45) is 5.73 Å². The minimum absolute atomic E-state index is 0.0260. The van der Waals surface area contributed by atoms with E-state index < -0.39 is 21.5 Å². The lowest BCUT2D eigenvalue weighted by atomic mass is 10.1. The quantitative estimate of drug-likeness (QED) is 0.841. The van der Waals surface area contributed by atoms with E-state index in [1.807, 2.05) is 32.9 Å². The van der Waals surface area contributed by atoms with Crippen LogP contribution in [0.4, 0.5) is 5.69 Å². The zero-order valence-corrected chi connectivity index (χ0v) is 12.3. The van der Waals surface area contributed by atoms with Crippen molar-refractivity contribution >= 4 is 21.4 Å². The Labute approximate surface area is 114 Å². The van der Waals surface area contributed by atoms with Gasteiger partial charge in [0.15, 0.2) is 9.84 Å². The van der Waals surface area contributed by atoms with Gasteiger partial charge in [-0.2, -0.15) is 0 Å². The molecule has 0 heterocycles. The van der Waals surface area contributed by atoms with Crippen LogP contribution in [0.3, 0.4) is 0 Å². The Morgan fingerprint density at radius 2 is 1.74 bits per heavy atom. The van der Waals surface area contributed by atoms with Crippen molar-refractivity contribution in [2.45, 2.75) is 20.8 Å². The number of aryl methyl sites for hydroxylation is 3. The fourth-order valence-corrected chi connectivity index (χ4v) is 2.98. The van der Waals surface area contributed by atoms with Gasteiger partial charge in [0.25, 0.3) is 0 Å². The minimum Gasteiger partial charge on any atom is -0.329 e. The van der Waals surface area contributed by atoms with E-state index in [2.05, 4.69) is 5.32 Å². The molecule has 6 heteroatoms. The minimum atomic E-state index is -3.42. The maximum absolute atomic E-state index is 11.8. The van der Waals surface area contributed by atoms with Gasteiger partial charge >= 0.3 is 0 Å². The molecule has 0 aliphatic carbocycles. The summed E-state index contributed by atoms with van der Waals surface area (Å²) >= 11 is 0. The predicted octanol–water partition coefficient (Wildman–Crippen LogP) is 0.924. The molecule has 0 aromatic heterocycles. The van der Waals surface area contributed by atoms with Gasteiger partial charge in [0.1, 0.15) is 5.75 Å². The second-order valence-corrected chi connectivity index (χ2v) is 6.89. The monoisotopic (exact) mass is 284 g/mol. The number of hydrogen-bond donors (Lipinski definition) is 2. The largest absolute Gasteiger partial charge is 0.329 e. The topological polar surface area (TPSA) is 89.3 Å². The zero-order valence-electron chi connectivity index (χ0n) is 11.5. The van der Waals surface area contributed by atoms with Gasteiger partial charge in [0, 0.05) is 12.2 Å². The lowest BCUT2D eigenvalue weighted by Gasteiger charge is -2.12. The summed E-state index contributed by atoms with van der Waals surface area (Å²) < 4.78 is 23.0. The lowest BCUT2D eigenvalue weighted by molar-refractivity contribution is -0.113. The van der Waals surface area contributed by atoms with Crippen LogP contribution in [-0.4, -0.2) is 32.4 Å². The molecular formula is C13H20N2O3S. The Morgan fingerprint density at radius 3 is 2.21 bits per heavy atom. The van der Waals surface area contributed by atoms with E-state index >= 15 is 0 Å². The van der Waals surface area contributed by atoms with Crippen LogP contribution in [0.2, 0.25) is 0 Å². The molecule has 0 atom stereocenters. The number of rotatable bonds is 5. The van der Waals surface area contributed by atoms with Gasteiger partial charge in [0.05, 0.1) is 5.75 Å². The van der Waals surface area contributed by atoms with Gasteiger partial charge in [-0.3, -0.25) is 4.79 Å². The third-order valence-corrected chi connectivity index (χ3v) is 4.28. The highest BCUT2D eigenvalue weighted by atomic mass is 32.2. The van der Waals surface area contributed by atoms with Crippen LogP contribution >= 0.6 is 0 Å². The summed E-state index contributed by atoms with van der Waals surface area (Å²) in [5.41, 5.74) is 8.81. The fourth-order valence-electron chi connectivity index (χ4n) is 2.00. The van der Waals surface area contributed by atoms with Crippen LogP contribution in [-0.2, 0) is 14.6 Å². The van der Waals surface area contributed by atoms with Crippen molar-refractivity contribution in [1.82, 2.24) is 0 Å². The average Bonchev–Trinajstić information content (AvgIpc) is 2.22. The summed E-state index contributed by atoms with van der Waals surface area (Å²) in [5.74, 6) is -1.23. The molecule has 0 unspecified atom stereocenters. The van der Waals surface area contributed by atoms with E-state index in [4.69, 9.17) is 5.73 Å². The van der Waals surface area contributed by atoms with E-state index in [-0.39, 0.29) is 12.3 Å². The number of carbonyl (C=O) groups is 1. The standard InChI is InChI=1S/C13H20N2O3S/c1-9-6-10(2)13(11(3)7-9)15-12(16)8-19(17,18)5-4-14/h6-7H,4-5,8,14H2,1-3H3,(H,15,16). The molecule has 0 spiro atoms. The molecular weight excluding hydrogens is 264 g/mol. The Kier molecular flexibility index (Phi) is 5.08. The molecule has 0 saturated carbocycles. The van der Waals surface area contributed by atoms with E-state index in [0.717, 1.165) is 16.7 Å². The number of hydrogen-bond acceptors (Lipinski definition) is 4. The molecule has 0 aliphatic heterocycles. The molecule has 3 N–H and O–H groups in total. The average molecular weight is 284 g/mol. The molecule has 0 aliphatic rings. The third kappa shape index (κ3) is 4.65. The lowest BCUT2D eigenvalue weighted by Crippen LogP contribution is -2.27. The highest BCUT2D eigenvalue weighted by Gasteiger charge is 2.17. The first kappa shape index (κ1) is 15.7.